The summed E-state index contributed by atoms with van der Waals surface area (Å²) in [4.78, 5) is -0.425. The molecule has 0 saturated carbocycles. The van der Waals surface area contributed by atoms with E-state index >= 15 is 0 Å². The fourth-order valence-corrected chi connectivity index (χ4v) is 4.59. The third-order valence-electron chi connectivity index (χ3n) is 2.58. The first-order chi connectivity index (χ1) is 9.61. The summed E-state index contributed by atoms with van der Waals surface area (Å²) in [6.45, 7) is 0. The molecule has 0 fully saturated rings. The second kappa shape index (κ2) is 5.78. The lowest BCUT2D eigenvalue weighted by Gasteiger charge is -2.06. The minimum atomic E-state index is -4.78. The van der Waals surface area contributed by atoms with Gasteiger partial charge in [0.25, 0.3) is 8.87 Å². The fourth-order valence-electron chi connectivity index (χ4n) is 1.67. The van der Waals surface area contributed by atoms with Crippen LogP contribution in [-0.2, 0) is 17.0 Å². The van der Waals surface area contributed by atoms with Crippen molar-refractivity contribution in [1.29, 1.82) is 0 Å². The molecule has 0 amide bonds. The van der Waals surface area contributed by atoms with Gasteiger partial charge in [-0.2, -0.15) is 8.42 Å². The molecule has 0 aromatic heterocycles. The Kier molecular flexibility index (Phi) is 4.56. The smallest absolute Gasteiger partial charge is 0.206 e. The molecule has 0 radical (unpaired) electrons. The molecule has 0 atom stereocenters. The summed E-state index contributed by atoms with van der Waals surface area (Å²) in [6, 6.07) is 10.0. The zero-order chi connectivity index (χ0) is 15.8. The third kappa shape index (κ3) is 3.52. The maximum absolute atomic E-state index is 11.8. The van der Waals surface area contributed by atoms with E-state index in [9.17, 15) is 16.8 Å². The predicted molar refractivity (Wildman–Crippen MR) is 83.9 cm³/mol. The van der Waals surface area contributed by atoms with Crippen molar-refractivity contribution in [1.82, 2.24) is 0 Å². The molecule has 9 heteroatoms. The molecule has 0 aliphatic heterocycles. The normalized spacial score (nSPS) is 12.3. The zero-order valence-electron chi connectivity index (χ0n) is 10.1. The summed E-state index contributed by atoms with van der Waals surface area (Å²) in [5.74, 6) is 0. The molecular formula is C12H7Cl3O4S2. The summed E-state index contributed by atoms with van der Waals surface area (Å²) in [5, 5.41) is 0.742. The lowest BCUT2D eigenvalue weighted by molar-refractivity contribution is 0.589. The van der Waals surface area contributed by atoms with Crippen molar-refractivity contribution in [2.24, 2.45) is 0 Å². The van der Waals surface area contributed by atoms with Crippen LogP contribution in [0, 0.1) is 0 Å². The highest BCUT2D eigenvalue weighted by atomic mass is 35.8. The highest BCUT2D eigenvalue weighted by Gasteiger charge is 2.29. The van der Waals surface area contributed by atoms with Gasteiger partial charge in [-0.3, -0.25) is 0 Å². The molecule has 0 spiro atoms. The molecule has 2 rings (SSSR count). The quantitative estimate of drug-likeness (QED) is 0.593. The number of rotatable bonds is 3. The van der Waals surface area contributed by atoms with Crippen LogP contribution in [0.15, 0.2) is 47.4 Å². The standard InChI is InChI=1S/C12H7Cl3O4S2/c13-10-4-9(5-11(14)7-10)8-2-1-3-12(6-8)20(16,17)21(15,18)19/h1-7H. The Morgan fingerprint density at radius 1 is 0.762 bits per heavy atom. The van der Waals surface area contributed by atoms with Gasteiger partial charge in [-0.15, -0.1) is 0 Å². The van der Waals surface area contributed by atoms with Crippen molar-refractivity contribution in [2.75, 3.05) is 0 Å². The van der Waals surface area contributed by atoms with Crippen molar-refractivity contribution in [3.8, 4) is 11.1 Å². The van der Waals surface area contributed by atoms with E-state index in [2.05, 4.69) is 0 Å². The van der Waals surface area contributed by atoms with Crippen LogP contribution in [0.25, 0.3) is 11.1 Å². The second-order valence-corrected chi connectivity index (χ2v) is 11.5. The van der Waals surface area contributed by atoms with Gasteiger partial charge < -0.3 is 0 Å². The van der Waals surface area contributed by atoms with E-state index in [0.717, 1.165) is 6.07 Å². The van der Waals surface area contributed by atoms with Gasteiger partial charge in [-0.1, -0.05) is 35.3 Å². The minimum Gasteiger partial charge on any atom is -0.206 e. The van der Waals surface area contributed by atoms with Crippen LogP contribution in [-0.4, -0.2) is 16.8 Å². The van der Waals surface area contributed by atoms with E-state index in [0.29, 0.717) is 21.2 Å². The highest BCUT2D eigenvalue weighted by molar-refractivity contribution is 8.75. The van der Waals surface area contributed by atoms with E-state index in [1.54, 1.807) is 18.2 Å². The summed E-state index contributed by atoms with van der Waals surface area (Å²) in [7, 11) is -4.48. The van der Waals surface area contributed by atoms with Crippen LogP contribution >= 0.6 is 33.9 Å². The molecule has 0 heterocycles. The van der Waals surface area contributed by atoms with Gasteiger partial charge >= 0.3 is 8.08 Å². The summed E-state index contributed by atoms with van der Waals surface area (Å²) < 4.78 is 45.9. The molecule has 4 nitrogen and oxygen atoms in total. The fraction of sp³-hybridized carbons (Fsp3) is 0. The van der Waals surface area contributed by atoms with Gasteiger partial charge in [0.1, 0.15) is 0 Å². The molecule has 2 aromatic carbocycles. The van der Waals surface area contributed by atoms with E-state index in [4.69, 9.17) is 33.9 Å². The first-order valence-electron chi connectivity index (χ1n) is 5.37. The molecule has 2 aromatic rings. The van der Waals surface area contributed by atoms with Crippen molar-refractivity contribution in [3.63, 3.8) is 0 Å². The molecule has 0 bridgehead atoms. The van der Waals surface area contributed by atoms with Crippen LogP contribution in [0.5, 0.6) is 0 Å². The van der Waals surface area contributed by atoms with Crippen molar-refractivity contribution in [3.05, 3.63) is 52.5 Å². The monoisotopic (exact) mass is 384 g/mol. The van der Waals surface area contributed by atoms with Crippen LogP contribution < -0.4 is 0 Å². The van der Waals surface area contributed by atoms with Gasteiger partial charge in [-0.05, 0) is 41.5 Å². The molecule has 0 aliphatic carbocycles. The van der Waals surface area contributed by atoms with Crippen LogP contribution in [0.1, 0.15) is 0 Å². The lowest BCUT2D eigenvalue weighted by atomic mass is 10.1. The van der Waals surface area contributed by atoms with Gasteiger partial charge in [0.15, 0.2) is 0 Å². The van der Waals surface area contributed by atoms with Gasteiger partial charge in [0.2, 0.25) is 0 Å². The van der Waals surface area contributed by atoms with Crippen molar-refractivity contribution in [2.45, 2.75) is 4.90 Å². The number of halogens is 3. The molecule has 0 aliphatic rings. The van der Waals surface area contributed by atoms with E-state index in [-0.39, 0.29) is 0 Å². The van der Waals surface area contributed by atoms with Crippen molar-refractivity contribution < 1.29 is 16.8 Å². The molecular weight excluding hydrogens is 379 g/mol. The first kappa shape index (κ1) is 16.6. The Bertz CT molecular complexity index is 886. The van der Waals surface area contributed by atoms with Gasteiger partial charge in [0, 0.05) is 20.7 Å². The van der Waals surface area contributed by atoms with E-state index in [1.807, 2.05) is 0 Å². The summed E-state index contributed by atoms with van der Waals surface area (Å²) >= 11 is 11.8. The predicted octanol–water partition coefficient (Wildman–Crippen LogP) is 3.92. The Morgan fingerprint density at radius 3 is 1.86 bits per heavy atom. The van der Waals surface area contributed by atoms with Gasteiger partial charge in [-0.25, -0.2) is 8.42 Å². The molecule has 0 unspecified atom stereocenters. The van der Waals surface area contributed by atoms with E-state index in [1.165, 1.54) is 18.2 Å². The molecule has 0 N–H and O–H groups in total. The van der Waals surface area contributed by atoms with Crippen molar-refractivity contribution >= 4 is 50.8 Å². The van der Waals surface area contributed by atoms with Gasteiger partial charge in [0.05, 0.1) is 4.90 Å². The third-order valence-corrected chi connectivity index (χ3v) is 8.02. The Morgan fingerprint density at radius 2 is 1.33 bits per heavy atom. The molecule has 0 saturated heterocycles. The summed E-state index contributed by atoms with van der Waals surface area (Å²) in [6.07, 6.45) is 0. The Balaban J connectivity index is 2.63. The van der Waals surface area contributed by atoms with E-state index < -0.39 is 21.8 Å². The summed E-state index contributed by atoms with van der Waals surface area (Å²) in [5.41, 5.74) is 0.998. The average Bonchev–Trinajstić information content (AvgIpc) is 2.36. The topological polar surface area (TPSA) is 68.3 Å². The highest BCUT2D eigenvalue weighted by Crippen LogP contribution is 2.30. The number of benzene rings is 2. The molecule has 112 valence electrons. The zero-order valence-corrected chi connectivity index (χ0v) is 14.0. The number of hydrogen-bond donors (Lipinski definition) is 0. The van der Waals surface area contributed by atoms with Crippen LogP contribution in [0.3, 0.4) is 0 Å². The first-order valence-corrected chi connectivity index (χ1v) is 10.4. The van der Waals surface area contributed by atoms with Crippen LogP contribution in [0.2, 0.25) is 10.0 Å². The maximum Gasteiger partial charge on any atom is 0.342 e. The molecule has 21 heavy (non-hydrogen) atoms. The maximum atomic E-state index is 11.8. The SMILES string of the molecule is O=S(=O)(Cl)S(=O)(=O)c1cccc(-c2cc(Cl)cc(Cl)c2)c1. The average molecular weight is 386 g/mol. The second-order valence-electron chi connectivity index (χ2n) is 4.03. The lowest BCUT2D eigenvalue weighted by Crippen LogP contribution is -2.09. The Labute approximate surface area is 136 Å². The minimum absolute atomic E-state index is 0.371. The van der Waals surface area contributed by atoms with Crippen LogP contribution in [0.4, 0.5) is 0 Å². The number of hydrogen-bond acceptors (Lipinski definition) is 4. The largest absolute Gasteiger partial charge is 0.342 e. The Hall–Kier alpha value is -0.790.